The molecule has 3 amide bonds. The molecule has 1 aliphatic heterocycles. The zero-order valence-electron chi connectivity index (χ0n) is 29.5. The van der Waals surface area contributed by atoms with E-state index in [2.05, 4.69) is 22.6 Å². The van der Waals surface area contributed by atoms with Crippen LogP contribution >= 0.6 is 0 Å². The predicted octanol–water partition coefficient (Wildman–Crippen LogP) is 5.23. The number of para-hydroxylation sites is 1. The van der Waals surface area contributed by atoms with Crippen LogP contribution in [0.25, 0.3) is 0 Å². The molecule has 0 unspecified atom stereocenters. The molecule has 1 aliphatic rings. The zero-order valence-corrected chi connectivity index (χ0v) is 29.5. The number of rotatable bonds is 17. The number of carbonyl (C=O) groups excluding carboxylic acids is 3. The van der Waals surface area contributed by atoms with E-state index in [0.29, 0.717) is 59.4 Å². The Morgan fingerprint density at radius 2 is 1.57 bits per heavy atom. The summed E-state index contributed by atoms with van der Waals surface area (Å²) in [6.45, 7) is 7.21. The van der Waals surface area contributed by atoms with Crippen LogP contribution in [0.3, 0.4) is 0 Å². The van der Waals surface area contributed by atoms with Gasteiger partial charge in [-0.1, -0.05) is 18.2 Å². The number of likely N-dealkylation sites (N-methyl/N-ethyl adjacent to an activating group) is 1. The molecule has 49 heavy (non-hydrogen) atoms. The summed E-state index contributed by atoms with van der Waals surface area (Å²) in [6, 6.07) is 17.8. The Hall–Kier alpha value is -4.61. The predicted molar refractivity (Wildman–Crippen MR) is 193 cm³/mol. The highest BCUT2D eigenvalue weighted by molar-refractivity contribution is 6.09. The Balaban J connectivity index is 1.34. The number of piperazine rings is 1. The van der Waals surface area contributed by atoms with Crippen molar-refractivity contribution in [3.05, 3.63) is 77.4 Å². The van der Waals surface area contributed by atoms with Crippen LogP contribution in [0.15, 0.2) is 60.7 Å². The number of nitrogens with zero attached hydrogens (tertiary/aromatic N) is 3. The fourth-order valence-corrected chi connectivity index (χ4v) is 5.60. The Bertz CT molecular complexity index is 1560. The number of unbranched alkanes of at least 4 members (excludes halogenated alkanes) is 2. The molecule has 0 saturated carbocycles. The molecule has 0 aromatic heterocycles. The van der Waals surface area contributed by atoms with Crippen molar-refractivity contribution < 1.29 is 28.6 Å². The largest absolute Gasteiger partial charge is 0.495 e. The average molecular weight is 674 g/mol. The molecule has 3 aromatic carbocycles. The highest BCUT2D eigenvalue weighted by atomic mass is 16.5. The van der Waals surface area contributed by atoms with E-state index in [9.17, 15) is 14.4 Å². The number of nitrogens with one attached hydrogen (secondary N) is 2. The topological polar surface area (TPSA) is 113 Å². The standard InChI is InChI=1S/C38H51N5O6/c1-28-15-18-32(35(26-28)49-24-10-6-7-14-36(44)43-22-20-41(3)21-23-43)42(4)38(46)29-16-17-31(34(27-29)47-5)40-37(45)30-12-8-9-13-33(30)48-25-11-19-39-2/h8-9,12-13,15-18,26-27,39H,6-7,10-11,14,19-25H2,1-5H3,(H,40,45). The summed E-state index contributed by atoms with van der Waals surface area (Å²) in [5, 5.41) is 5.98. The van der Waals surface area contributed by atoms with Crippen LogP contribution in [0.4, 0.5) is 11.4 Å². The molecule has 4 rings (SSSR count). The first-order valence-corrected chi connectivity index (χ1v) is 17.1. The van der Waals surface area contributed by atoms with Crippen molar-refractivity contribution in [2.75, 3.05) is 84.4 Å². The van der Waals surface area contributed by atoms with Gasteiger partial charge in [0.25, 0.3) is 11.8 Å². The van der Waals surface area contributed by atoms with Gasteiger partial charge in [0.1, 0.15) is 17.2 Å². The van der Waals surface area contributed by atoms with Gasteiger partial charge in [-0.2, -0.15) is 0 Å². The van der Waals surface area contributed by atoms with E-state index >= 15 is 0 Å². The van der Waals surface area contributed by atoms with Crippen LogP contribution in [0, 0.1) is 6.92 Å². The quantitative estimate of drug-likeness (QED) is 0.187. The third-order valence-electron chi connectivity index (χ3n) is 8.59. The van der Waals surface area contributed by atoms with Crippen molar-refractivity contribution in [1.29, 1.82) is 0 Å². The van der Waals surface area contributed by atoms with Crippen LogP contribution in [0.5, 0.6) is 17.2 Å². The molecule has 0 bridgehead atoms. The maximum Gasteiger partial charge on any atom is 0.259 e. The van der Waals surface area contributed by atoms with Crippen LogP contribution in [-0.2, 0) is 4.79 Å². The monoisotopic (exact) mass is 673 g/mol. The lowest BCUT2D eigenvalue weighted by molar-refractivity contribution is -0.132. The van der Waals surface area contributed by atoms with Gasteiger partial charge in [0.2, 0.25) is 5.91 Å². The van der Waals surface area contributed by atoms with Gasteiger partial charge < -0.3 is 39.5 Å². The van der Waals surface area contributed by atoms with Gasteiger partial charge in [0.15, 0.2) is 0 Å². The Morgan fingerprint density at radius 1 is 0.837 bits per heavy atom. The van der Waals surface area contributed by atoms with Gasteiger partial charge in [0.05, 0.1) is 37.3 Å². The molecule has 264 valence electrons. The summed E-state index contributed by atoms with van der Waals surface area (Å²) in [5.41, 5.74) is 2.89. The van der Waals surface area contributed by atoms with Crippen LogP contribution < -0.4 is 29.7 Å². The average Bonchev–Trinajstić information content (AvgIpc) is 3.11. The SMILES string of the molecule is CNCCCOc1ccccc1C(=O)Nc1ccc(C(=O)N(C)c2ccc(C)cc2OCCCCCC(=O)N2CCN(C)CC2)cc1OC. The first kappa shape index (κ1) is 37.2. The third-order valence-corrected chi connectivity index (χ3v) is 8.59. The number of anilines is 2. The van der Waals surface area contributed by atoms with Crippen molar-refractivity contribution in [1.82, 2.24) is 15.1 Å². The second kappa shape index (κ2) is 18.8. The summed E-state index contributed by atoms with van der Waals surface area (Å²) in [5.74, 6) is 1.09. The summed E-state index contributed by atoms with van der Waals surface area (Å²) < 4.78 is 17.6. The minimum atomic E-state index is -0.346. The molecule has 1 heterocycles. The van der Waals surface area contributed by atoms with Gasteiger partial charge >= 0.3 is 0 Å². The second-order valence-corrected chi connectivity index (χ2v) is 12.3. The second-order valence-electron chi connectivity index (χ2n) is 12.3. The third kappa shape index (κ3) is 10.7. The fraction of sp³-hybridized carbons (Fsp3) is 0.447. The smallest absolute Gasteiger partial charge is 0.259 e. The Kier molecular flexibility index (Phi) is 14.3. The van der Waals surface area contributed by atoms with Crippen molar-refractivity contribution in [2.24, 2.45) is 0 Å². The summed E-state index contributed by atoms with van der Waals surface area (Å²) in [4.78, 5) is 45.2. The van der Waals surface area contributed by atoms with E-state index in [-0.39, 0.29) is 17.7 Å². The van der Waals surface area contributed by atoms with E-state index in [1.54, 1.807) is 48.3 Å². The molecular weight excluding hydrogens is 622 g/mol. The van der Waals surface area contributed by atoms with E-state index in [1.165, 1.54) is 7.11 Å². The molecule has 11 nitrogen and oxygen atoms in total. The fourth-order valence-electron chi connectivity index (χ4n) is 5.60. The van der Waals surface area contributed by atoms with Crippen molar-refractivity contribution in [2.45, 2.75) is 39.0 Å². The minimum absolute atomic E-state index is 0.230. The molecule has 11 heteroatoms. The van der Waals surface area contributed by atoms with E-state index < -0.39 is 0 Å². The summed E-state index contributed by atoms with van der Waals surface area (Å²) in [6.07, 6.45) is 3.87. The van der Waals surface area contributed by atoms with Crippen LogP contribution in [0.1, 0.15) is 58.4 Å². The number of benzene rings is 3. The number of hydrogen-bond donors (Lipinski definition) is 2. The number of ether oxygens (including phenoxy) is 3. The highest BCUT2D eigenvalue weighted by Gasteiger charge is 2.21. The maximum absolute atomic E-state index is 13.7. The summed E-state index contributed by atoms with van der Waals surface area (Å²) in [7, 11) is 7.17. The molecule has 2 N–H and O–H groups in total. The van der Waals surface area contributed by atoms with E-state index in [4.69, 9.17) is 14.2 Å². The molecule has 3 aromatic rings. The van der Waals surface area contributed by atoms with Crippen LogP contribution in [0.2, 0.25) is 0 Å². The van der Waals surface area contributed by atoms with E-state index in [0.717, 1.165) is 64.0 Å². The Morgan fingerprint density at radius 3 is 2.33 bits per heavy atom. The number of hydrogen-bond acceptors (Lipinski definition) is 8. The number of carbonyl (C=O) groups is 3. The maximum atomic E-state index is 13.7. The highest BCUT2D eigenvalue weighted by Crippen LogP contribution is 2.32. The van der Waals surface area contributed by atoms with Gasteiger partial charge in [-0.05, 0) is 101 Å². The van der Waals surface area contributed by atoms with Crippen molar-refractivity contribution >= 4 is 29.1 Å². The first-order chi connectivity index (χ1) is 23.7. The molecule has 1 saturated heterocycles. The number of aryl methyl sites for hydroxylation is 1. The number of methoxy groups -OCH3 is 1. The van der Waals surface area contributed by atoms with Crippen molar-refractivity contribution in [3.8, 4) is 17.2 Å². The van der Waals surface area contributed by atoms with Gasteiger partial charge in [-0.15, -0.1) is 0 Å². The molecule has 1 fully saturated rings. The number of amides is 3. The Labute approximate surface area is 290 Å². The molecular formula is C38H51N5O6. The minimum Gasteiger partial charge on any atom is -0.495 e. The van der Waals surface area contributed by atoms with Crippen molar-refractivity contribution in [3.63, 3.8) is 0 Å². The van der Waals surface area contributed by atoms with Gasteiger partial charge in [-0.25, -0.2) is 0 Å². The molecule has 0 atom stereocenters. The molecule has 0 aliphatic carbocycles. The first-order valence-electron chi connectivity index (χ1n) is 17.1. The molecule has 0 spiro atoms. The lowest BCUT2D eigenvalue weighted by atomic mass is 10.1. The summed E-state index contributed by atoms with van der Waals surface area (Å²) >= 11 is 0. The van der Waals surface area contributed by atoms with E-state index in [1.807, 2.05) is 43.1 Å². The lowest BCUT2D eigenvalue weighted by Crippen LogP contribution is -2.47. The molecule has 0 radical (unpaired) electrons. The lowest BCUT2D eigenvalue weighted by Gasteiger charge is -2.32. The van der Waals surface area contributed by atoms with Gasteiger partial charge in [-0.3, -0.25) is 14.4 Å². The van der Waals surface area contributed by atoms with Gasteiger partial charge in [0, 0.05) is 45.2 Å². The zero-order chi connectivity index (χ0) is 35.2. The normalized spacial score (nSPS) is 13.1. The van der Waals surface area contributed by atoms with Crippen LogP contribution in [-0.4, -0.2) is 102 Å².